The molecule has 0 heterocycles. The zero-order chi connectivity index (χ0) is 16.1. The SMILES string of the molecule is CC(C)=C(C#C[Si](C)(C)C)C(C#C[Si](C)(C)C)=C(C)C. The summed E-state index contributed by atoms with van der Waals surface area (Å²) in [5, 5.41) is 0. The van der Waals surface area contributed by atoms with Gasteiger partial charge in [0, 0.05) is 11.1 Å². The molecule has 2 heteroatoms. The Kier molecular flexibility index (Phi) is 6.81. The Balaban J connectivity index is 5.90. The van der Waals surface area contributed by atoms with Crippen LogP contribution in [0.15, 0.2) is 22.3 Å². The van der Waals surface area contributed by atoms with Crippen LogP contribution in [-0.4, -0.2) is 16.1 Å². The molecule has 0 saturated carbocycles. The average molecular weight is 303 g/mol. The Labute approximate surface area is 128 Å². The molecule has 0 saturated heterocycles. The highest BCUT2D eigenvalue weighted by Crippen LogP contribution is 2.18. The second kappa shape index (κ2) is 7.16. The Morgan fingerprint density at radius 3 is 0.950 bits per heavy atom. The first-order valence-corrected chi connectivity index (χ1v) is 14.2. The highest BCUT2D eigenvalue weighted by atomic mass is 28.3. The van der Waals surface area contributed by atoms with Crippen LogP contribution in [-0.2, 0) is 0 Å². The highest BCUT2D eigenvalue weighted by molar-refractivity contribution is 6.84. The average Bonchev–Trinajstić information content (AvgIpc) is 2.18. The molecular weight excluding hydrogens is 272 g/mol. The molecule has 0 aliphatic heterocycles. The fourth-order valence-corrected chi connectivity index (χ4v) is 2.38. The molecule has 0 nitrogen and oxygen atoms in total. The third-order valence-electron chi connectivity index (χ3n) is 2.38. The molecule has 0 aliphatic rings. The molecule has 20 heavy (non-hydrogen) atoms. The fraction of sp³-hybridized carbons (Fsp3) is 0.556. The first-order valence-electron chi connectivity index (χ1n) is 7.25. The number of rotatable bonds is 1. The van der Waals surface area contributed by atoms with E-state index in [2.05, 4.69) is 89.9 Å². The number of allylic oxidation sites excluding steroid dienone is 4. The lowest BCUT2D eigenvalue weighted by Gasteiger charge is -2.10. The van der Waals surface area contributed by atoms with E-state index >= 15 is 0 Å². The van der Waals surface area contributed by atoms with Gasteiger partial charge in [-0.15, -0.1) is 11.1 Å². The van der Waals surface area contributed by atoms with Crippen LogP contribution < -0.4 is 0 Å². The van der Waals surface area contributed by atoms with E-state index in [-0.39, 0.29) is 0 Å². The van der Waals surface area contributed by atoms with E-state index in [0.29, 0.717) is 0 Å². The molecule has 0 spiro atoms. The maximum absolute atomic E-state index is 3.48. The van der Waals surface area contributed by atoms with Gasteiger partial charge in [-0.25, -0.2) is 0 Å². The van der Waals surface area contributed by atoms with Gasteiger partial charge >= 0.3 is 0 Å². The van der Waals surface area contributed by atoms with Crippen molar-refractivity contribution in [2.24, 2.45) is 0 Å². The zero-order valence-corrected chi connectivity index (χ0v) is 17.0. The van der Waals surface area contributed by atoms with E-state index in [1.165, 1.54) is 11.1 Å². The molecule has 0 atom stereocenters. The summed E-state index contributed by atoms with van der Waals surface area (Å²) in [6, 6.07) is 0. The van der Waals surface area contributed by atoms with Crippen LogP contribution in [0.25, 0.3) is 0 Å². The van der Waals surface area contributed by atoms with Gasteiger partial charge in [-0.1, -0.05) is 62.3 Å². The molecule has 0 rings (SSSR count). The highest BCUT2D eigenvalue weighted by Gasteiger charge is 2.11. The van der Waals surface area contributed by atoms with Crippen LogP contribution >= 0.6 is 0 Å². The molecule has 0 N–H and O–H groups in total. The van der Waals surface area contributed by atoms with Crippen LogP contribution in [0.2, 0.25) is 39.3 Å². The quantitative estimate of drug-likeness (QED) is 0.344. The van der Waals surface area contributed by atoms with Gasteiger partial charge < -0.3 is 0 Å². The number of hydrogen-bond donors (Lipinski definition) is 0. The Morgan fingerprint density at radius 1 is 0.550 bits per heavy atom. The summed E-state index contributed by atoms with van der Waals surface area (Å²) in [7, 11) is -2.73. The van der Waals surface area contributed by atoms with E-state index in [1.54, 1.807) is 0 Å². The summed E-state index contributed by atoms with van der Waals surface area (Å²) >= 11 is 0. The van der Waals surface area contributed by atoms with Crippen molar-refractivity contribution in [1.29, 1.82) is 0 Å². The summed E-state index contributed by atoms with van der Waals surface area (Å²) in [6.07, 6.45) is 0. The standard InChI is InChI=1S/C18H30Si2/c1-15(2)17(11-13-19(5,6)7)18(16(3)4)12-14-20(8,9)10/h1-10H3. The van der Waals surface area contributed by atoms with Crippen molar-refractivity contribution in [2.45, 2.75) is 67.0 Å². The predicted molar refractivity (Wildman–Crippen MR) is 99.0 cm³/mol. The molecule has 0 aromatic rings. The maximum atomic E-state index is 3.48. The second-order valence-corrected chi connectivity index (χ2v) is 17.2. The summed E-state index contributed by atoms with van der Waals surface area (Å²) in [4.78, 5) is 0. The van der Waals surface area contributed by atoms with Gasteiger partial charge in [0.15, 0.2) is 0 Å². The van der Waals surface area contributed by atoms with E-state index in [1.807, 2.05) is 0 Å². The van der Waals surface area contributed by atoms with Gasteiger partial charge in [-0.2, -0.15) is 0 Å². The molecule has 0 aliphatic carbocycles. The third-order valence-corrected chi connectivity index (χ3v) is 4.12. The van der Waals surface area contributed by atoms with E-state index < -0.39 is 16.1 Å². The number of hydrogen-bond acceptors (Lipinski definition) is 0. The maximum Gasteiger partial charge on any atom is 0.129 e. The summed E-state index contributed by atoms with van der Waals surface area (Å²) in [5.74, 6) is 6.85. The fourth-order valence-electron chi connectivity index (χ4n) is 1.38. The van der Waals surface area contributed by atoms with Crippen molar-refractivity contribution in [3.63, 3.8) is 0 Å². The molecule has 0 aromatic carbocycles. The van der Waals surface area contributed by atoms with Gasteiger partial charge in [0.25, 0.3) is 0 Å². The van der Waals surface area contributed by atoms with Gasteiger partial charge in [-0.05, 0) is 27.7 Å². The topological polar surface area (TPSA) is 0 Å². The van der Waals surface area contributed by atoms with E-state index in [4.69, 9.17) is 0 Å². The minimum absolute atomic E-state index is 1.14. The molecular formula is C18H30Si2. The monoisotopic (exact) mass is 302 g/mol. The van der Waals surface area contributed by atoms with Crippen molar-refractivity contribution < 1.29 is 0 Å². The molecule has 0 amide bonds. The largest absolute Gasteiger partial charge is 0.129 e. The first kappa shape index (κ1) is 19.0. The van der Waals surface area contributed by atoms with Crippen molar-refractivity contribution in [3.8, 4) is 22.9 Å². The van der Waals surface area contributed by atoms with E-state index in [0.717, 1.165) is 11.1 Å². The van der Waals surface area contributed by atoms with Crippen LogP contribution in [0.5, 0.6) is 0 Å². The van der Waals surface area contributed by atoms with Gasteiger partial charge in [0.1, 0.15) is 16.1 Å². The first-order chi connectivity index (χ1) is 8.83. The van der Waals surface area contributed by atoms with Crippen molar-refractivity contribution >= 4 is 16.1 Å². The predicted octanol–water partition coefficient (Wildman–Crippen LogP) is 5.42. The summed E-state index contributed by atoms with van der Waals surface area (Å²) in [6.45, 7) is 22.2. The van der Waals surface area contributed by atoms with Gasteiger partial charge in [0.05, 0.1) is 0 Å². The molecule has 0 radical (unpaired) electrons. The summed E-state index contributed by atoms with van der Waals surface area (Å²) < 4.78 is 0. The smallest absolute Gasteiger partial charge is 0.127 e. The van der Waals surface area contributed by atoms with Crippen molar-refractivity contribution in [1.82, 2.24) is 0 Å². The molecule has 0 bridgehead atoms. The Hall–Kier alpha value is -0.966. The van der Waals surface area contributed by atoms with Crippen LogP contribution in [0.4, 0.5) is 0 Å². The van der Waals surface area contributed by atoms with Gasteiger partial charge in [-0.3, -0.25) is 0 Å². The lowest BCUT2D eigenvalue weighted by atomic mass is 9.99. The van der Waals surface area contributed by atoms with Crippen LogP contribution in [0, 0.1) is 22.9 Å². The van der Waals surface area contributed by atoms with Gasteiger partial charge in [0.2, 0.25) is 0 Å². The van der Waals surface area contributed by atoms with Crippen LogP contribution in [0.3, 0.4) is 0 Å². The Morgan fingerprint density at radius 2 is 0.800 bits per heavy atom. The summed E-state index contributed by atoms with van der Waals surface area (Å²) in [5.41, 5.74) is 11.7. The molecule has 110 valence electrons. The molecule has 0 unspecified atom stereocenters. The molecule has 0 aromatic heterocycles. The lowest BCUT2D eigenvalue weighted by molar-refractivity contribution is 1.28. The third kappa shape index (κ3) is 8.25. The second-order valence-electron chi connectivity index (χ2n) is 7.75. The molecule has 0 fully saturated rings. The minimum Gasteiger partial charge on any atom is -0.127 e. The van der Waals surface area contributed by atoms with Crippen molar-refractivity contribution in [2.75, 3.05) is 0 Å². The Bertz CT molecular complexity index is 479. The lowest BCUT2D eigenvalue weighted by Crippen LogP contribution is -2.17. The van der Waals surface area contributed by atoms with E-state index in [9.17, 15) is 0 Å². The van der Waals surface area contributed by atoms with Crippen molar-refractivity contribution in [3.05, 3.63) is 22.3 Å². The zero-order valence-electron chi connectivity index (χ0n) is 15.0. The van der Waals surface area contributed by atoms with Crippen LogP contribution in [0.1, 0.15) is 27.7 Å². The minimum atomic E-state index is -1.36. The normalized spacial score (nSPS) is 10.7.